The van der Waals surface area contributed by atoms with Gasteiger partial charge in [-0.25, -0.2) is 14.2 Å². The molecule has 3 N–H and O–H groups in total. The Labute approximate surface area is 185 Å². The molecule has 3 aromatic rings. The maximum Gasteiger partial charge on any atom is 0.354 e. The molecule has 3 rings (SSSR count). The molecule has 0 aliphatic rings. The number of carboxylic acids is 1. The number of halogens is 1. The summed E-state index contributed by atoms with van der Waals surface area (Å²) in [6.45, 7) is 6.15. The van der Waals surface area contributed by atoms with Gasteiger partial charge in [0, 0.05) is 12.3 Å². The van der Waals surface area contributed by atoms with E-state index in [1.165, 1.54) is 37.6 Å². The highest BCUT2D eigenvalue weighted by molar-refractivity contribution is 5.95. The van der Waals surface area contributed by atoms with Crippen LogP contribution in [0.4, 0.5) is 4.39 Å². The molecule has 0 radical (unpaired) electrons. The van der Waals surface area contributed by atoms with Crippen LogP contribution in [0.3, 0.4) is 0 Å². The number of nitrogens with zero attached hydrogens (tertiary/aromatic N) is 1. The first-order valence-electron chi connectivity index (χ1n) is 9.63. The van der Waals surface area contributed by atoms with E-state index in [0.717, 1.165) is 5.56 Å². The number of nitrogens with two attached hydrogens (primary N) is 1. The summed E-state index contributed by atoms with van der Waals surface area (Å²) in [6, 6.07) is 13.9. The van der Waals surface area contributed by atoms with Crippen LogP contribution in [0.25, 0.3) is 0 Å². The zero-order chi connectivity index (χ0) is 23.9. The summed E-state index contributed by atoms with van der Waals surface area (Å²) in [6.07, 6.45) is 1.45. The molecule has 0 saturated heterocycles. The van der Waals surface area contributed by atoms with Gasteiger partial charge in [0.1, 0.15) is 17.3 Å². The number of amides is 1. The van der Waals surface area contributed by atoms with Gasteiger partial charge < -0.3 is 20.3 Å². The number of aromatic nitrogens is 1. The Morgan fingerprint density at radius 3 is 2.22 bits per heavy atom. The summed E-state index contributed by atoms with van der Waals surface area (Å²) >= 11 is 0. The lowest BCUT2D eigenvalue weighted by atomic mass is 9.86. The Balaban J connectivity index is 0.000000336. The number of carboxylic acid groups (broad SMARTS) is 1. The van der Waals surface area contributed by atoms with Gasteiger partial charge in [0.25, 0.3) is 5.91 Å². The molecule has 32 heavy (non-hydrogen) atoms. The van der Waals surface area contributed by atoms with E-state index < -0.39 is 17.7 Å². The molecular formula is C24H25FN2O5. The zero-order valence-electron chi connectivity index (χ0n) is 18.3. The molecule has 8 heteroatoms. The van der Waals surface area contributed by atoms with Crippen LogP contribution in [0.1, 0.15) is 47.2 Å². The lowest BCUT2D eigenvalue weighted by molar-refractivity contribution is 0.0690. The van der Waals surface area contributed by atoms with Gasteiger partial charge in [-0.2, -0.15) is 0 Å². The first kappa shape index (κ1) is 24.3. The highest BCUT2D eigenvalue weighted by atomic mass is 19.1. The van der Waals surface area contributed by atoms with Gasteiger partial charge in [-0.15, -0.1) is 0 Å². The molecule has 0 spiro atoms. The quantitative estimate of drug-likeness (QED) is 0.589. The third-order valence-electron chi connectivity index (χ3n) is 4.34. The minimum Gasteiger partial charge on any atom is -0.493 e. The van der Waals surface area contributed by atoms with E-state index in [0.29, 0.717) is 11.5 Å². The normalized spacial score (nSPS) is 10.5. The van der Waals surface area contributed by atoms with E-state index in [-0.39, 0.29) is 22.4 Å². The Bertz CT molecular complexity index is 1100. The SMILES string of the molecule is COc1cc(F)ccc1Oc1cc(C(C)(C)C)ccc1C(N)=O.O=C(O)c1ccccn1. The predicted molar refractivity (Wildman–Crippen MR) is 118 cm³/mol. The van der Waals surface area contributed by atoms with Gasteiger partial charge in [-0.1, -0.05) is 32.9 Å². The van der Waals surface area contributed by atoms with Gasteiger partial charge in [0.05, 0.1) is 12.7 Å². The Hall–Kier alpha value is -3.94. The van der Waals surface area contributed by atoms with Crippen molar-refractivity contribution in [3.63, 3.8) is 0 Å². The van der Waals surface area contributed by atoms with Crippen molar-refractivity contribution in [2.75, 3.05) is 7.11 Å². The van der Waals surface area contributed by atoms with Gasteiger partial charge in [-0.3, -0.25) is 4.79 Å². The Morgan fingerprint density at radius 1 is 1.00 bits per heavy atom. The minimum atomic E-state index is -0.990. The predicted octanol–water partition coefficient (Wildman–Crippen LogP) is 4.80. The minimum absolute atomic E-state index is 0.0810. The zero-order valence-corrected chi connectivity index (χ0v) is 18.3. The fourth-order valence-electron chi connectivity index (χ4n) is 2.61. The van der Waals surface area contributed by atoms with Crippen molar-refractivity contribution in [2.24, 2.45) is 5.73 Å². The van der Waals surface area contributed by atoms with Crippen LogP contribution in [-0.2, 0) is 5.41 Å². The molecule has 2 aromatic carbocycles. The number of benzene rings is 2. The lowest BCUT2D eigenvalue weighted by Gasteiger charge is -2.21. The van der Waals surface area contributed by atoms with Gasteiger partial charge in [-0.05, 0) is 47.4 Å². The van der Waals surface area contributed by atoms with Gasteiger partial charge in [0.2, 0.25) is 0 Å². The Morgan fingerprint density at radius 2 is 1.72 bits per heavy atom. The monoisotopic (exact) mass is 440 g/mol. The lowest BCUT2D eigenvalue weighted by Crippen LogP contribution is -2.15. The van der Waals surface area contributed by atoms with Gasteiger partial charge >= 0.3 is 5.97 Å². The third kappa shape index (κ3) is 6.53. The molecule has 0 fully saturated rings. The smallest absolute Gasteiger partial charge is 0.354 e. The van der Waals surface area contributed by atoms with Crippen LogP contribution in [0.5, 0.6) is 17.2 Å². The van der Waals surface area contributed by atoms with Crippen molar-refractivity contribution in [3.8, 4) is 17.2 Å². The average Bonchev–Trinajstić information content (AvgIpc) is 2.75. The number of hydrogen-bond donors (Lipinski definition) is 2. The van der Waals surface area contributed by atoms with Crippen LogP contribution in [0, 0.1) is 5.82 Å². The molecule has 0 aliphatic carbocycles. The number of carbonyl (C=O) groups is 2. The highest BCUT2D eigenvalue weighted by Gasteiger charge is 2.19. The number of methoxy groups -OCH3 is 1. The second-order valence-corrected chi connectivity index (χ2v) is 7.74. The second kappa shape index (κ2) is 10.4. The molecule has 1 amide bonds. The molecule has 1 heterocycles. The average molecular weight is 440 g/mol. The highest BCUT2D eigenvalue weighted by Crippen LogP contribution is 2.36. The number of rotatable bonds is 5. The van der Waals surface area contributed by atoms with Crippen molar-refractivity contribution in [1.29, 1.82) is 0 Å². The number of pyridine rings is 1. The summed E-state index contributed by atoms with van der Waals surface area (Å²) in [5.41, 5.74) is 6.61. The standard InChI is InChI=1S/C18H20FNO3.C6H5NO2/c1-18(2,3)11-5-7-13(17(20)21)15(9-11)23-14-8-6-12(19)10-16(14)22-4;8-6(9)5-3-1-2-4-7-5/h5-10H,1-4H3,(H2,20,21);1-4H,(H,8,9). The topological polar surface area (TPSA) is 112 Å². The fourth-order valence-corrected chi connectivity index (χ4v) is 2.61. The van der Waals surface area contributed by atoms with E-state index in [4.69, 9.17) is 20.3 Å². The third-order valence-corrected chi connectivity index (χ3v) is 4.34. The maximum absolute atomic E-state index is 13.3. The van der Waals surface area contributed by atoms with Crippen LogP contribution < -0.4 is 15.2 Å². The number of hydrogen-bond acceptors (Lipinski definition) is 5. The van der Waals surface area contributed by atoms with E-state index >= 15 is 0 Å². The number of ether oxygens (including phenoxy) is 2. The first-order valence-corrected chi connectivity index (χ1v) is 9.63. The van der Waals surface area contributed by atoms with E-state index in [1.54, 1.807) is 24.3 Å². The van der Waals surface area contributed by atoms with Crippen molar-refractivity contribution < 1.29 is 28.6 Å². The molecule has 7 nitrogen and oxygen atoms in total. The summed E-state index contributed by atoms with van der Waals surface area (Å²) in [7, 11) is 1.42. The molecular weight excluding hydrogens is 415 g/mol. The van der Waals surface area contributed by atoms with Crippen LogP contribution in [0.15, 0.2) is 60.8 Å². The summed E-state index contributed by atoms with van der Waals surface area (Å²) in [4.78, 5) is 25.3. The second-order valence-electron chi connectivity index (χ2n) is 7.74. The van der Waals surface area contributed by atoms with Crippen molar-refractivity contribution in [3.05, 3.63) is 83.4 Å². The van der Waals surface area contributed by atoms with Crippen LogP contribution in [0.2, 0.25) is 0 Å². The largest absolute Gasteiger partial charge is 0.493 e. The molecule has 0 atom stereocenters. The van der Waals surface area contributed by atoms with Crippen molar-refractivity contribution in [2.45, 2.75) is 26.2 Å². The number of primary amides is 1. The molecule has 168 valence electrons. The maximum atomic E-state index is 13.3. The summed E-state index contributed by atoms with van der Waals surface area (Å²) < 4.78 is 24.2. The summed E-state index contributed by atoms with van der Waals surface area (Å²) in [5, 5.41) is 8.32. The first-order chi connectivity index (χ1) is 15.0. The Kier molecular flexibility index (Phi) is 7.90. The molecule has 0 saturated carbocycles. The summed E-state index contributed by atoms with van der Waals surface area (Å²) in [5.74, 6) is -1.16. The van der Waals surface area contributed by atoms with E-state index in [9.17, 15) is 14.0 Å². The number of aromatic carboxylic acids is 1. The van der Waals surface area contributed by atoms with Gasteiger partial charge in [0.15, 0.2) is 11.5 Å². The molecule has 0 aliphatic heterocycles. The number of carbonyl (C=O) groups excluding carboxylic acids is 1. The molecule has 1 aromatic heterocycles. The molecule has 0 bridgehead atoms. The molecule has 0 unspecified atom stereocenters. The van der Waals surface area contributed by atoms with Crippen molar-refractivity contribution in [1.82, 2.24) is 4.98 Å². The van der Waals surface area contributed by atoms with E-state index in [2.05, 4.69) is 25.8 Å². The van der Waals surface area contributed by atoms with Crippen LogP contribution >= 0.6 is 0 Å². The van der Waals surface area contributed by atoms with Crippen LogP contribution in [-0.4, -0.2) is 29.1 Å². The van der Waals surface area contributed by atoms with Crippen molar-refractivity contribution >= 4 is 11.9 Å². The fraction of sp³-hybridized carbons (Fsp3) is 0.208. The van der Waals surface area contributed by atoms with E-state index in [1.807, 2.05) is 6.07 Å².